The zero-order chi connectivity index (χ0) is 11.7. The molecular formula is C14H25NOS. The van der Waals surface area contributed by atoms with E-state index < -0.39 is 0 Å². The van der Waals surface area contributed by atoms with Gasteiger partial charge in [-0.1, -0.05) is 6.42 Å². The molecule has 3 rings (SSSR count). The molecular weight excluding hydrogens is 230 g/mol. The molecule has 2 nitrogen and oxygen atoms in total. The van der Waals surface area contributed by atoms with Crippen LogP contribution in [0.15, 0.2) is 0 Å². The third-order valence-electron chi connectivity index (χ3n) is 5.17. The van der Waals surface area contributed by atoms with Crippen LogP contribution in [-0.4, -0.2) is 29.8 Å². The van der Waals surface area contributed by atoms with Crippen LogP contribution in [0, 0.1) is 11.8 Å². The predicted molar refractivity (Wildman–Crippen MR) is 73.3 cm³/mol. The summed E-state index contributed by atoms with van der Waals surface area (Å²) in [6.07, 6.45) is 9.11. The summed E-state index contributed by atoms with van der Waals surface area (Å²) >= 11 is 2.08. The van der Waals surface area contributed by atoms with Gasteiger partial charge in [-0.3, -0.25) is 0 Å². The van der Waals surface area contributed by atoms with Gasteiger partial charge in [-0.15, -0.1) is 0 Å². The van der Waals surface area contributed by atoms with Crippen molar-refractivity contribution in [3.05, 3.63) is 0 Å². The average Bonchev–Trinajstić information content (AvgIpc) is 2.28. The quantitative estimate of drug-likeness (QED) is 0.824. The Balaban J connectivity index is 1.61. The molecule has 0 aromatic heterocycles. The first-order valence-electron chi connectivity index (χ1n) is 7.26. The maximum Gasteiger partial charge on any atom is 0.0701 e. The first kappa shape index (κ1) is 12.3. The SMILES string of the molecule is NC(C1CCC1)C1CCOC2(CCSCC2)C1. The summed E-state index contributed by atoms with van der Waals surface area (Å²) in [5.41, 5.74) is 6.70. The van der Waals surface area contributed by atoms with Crippen LogP contribution in [0.25, 0.3) is 0 Å². The molecule has 2 heterocycles. The van der Waals surface area contributed by atoms with Gasteiger partial charge in [0, 0.05) is 12.6 Å². The Labute approximate surface area is 109 Å². The van der Waals surface area contributed by atoms with E-state index >= 15 is 0 Å². The lowest BCUT2D eigenvalue weighted by molar-refractivity contribution is -0.109. The molecule has 3 fully saturated rings. The number of nitrogens with two attached hydrogens (primary N) is 1. The Morgan fingerprint density at radius 2 is 1.88 bits per heavy atom. The summed E-state index contributed by atoms with van der Waals surface area (Å²) < 4.78 is 6.15. The van der Waals surface area contributed by atoms with E-state index in [4.69, 9.17) is 10.5 Å². The molecule has 2 unspecified atom stereocenters. The highest BCUT2D eigenvalue weighted by molar-refractivity contribution is 7.99. The Bertz CT molecular complexity index is 255. The Kier molecular flexibility index (Phi) is 3.69. The highest BCUT2D eigenvalue weighted by atomic mass is 32.2. The van der Waals surface area contributed by atoms with Gasteiger partial charge in [-0.2, -0.15) is 11.8 Å². The molecule has 17 heavy (non-hydrogen) atoms. The number of thioether (sulfide) groups is 1. The maximum atomic E-state index is 6.48. The number of hydrogen-bond donors (Lipinski definition) is 1. The first-order chi connectivity index (χ1) is 8.29. The molecule has 3 heteroatoms. The minimum absolute atomic E-state index is 0.218. The zero-order valence-electron chi connectivity index (χ0n) is 10.7. The molecule has 0 bridgehead atoms. The van der Waals surface area contributed by atoms with Gasteiger partial charge < -0.3 is 10.5 Å². The average molecular weight is 255 g/mol. The lowest BCUT2D eigenvalue weighted by Gasteiger charge is -2.47. The molecule has 98 valence electrons. The van der Waals surface area contributed by atoms with Crippen molar-refractivity contribution in [1.82, 2.24) is 0 Å². The van der Waals surface area contributed by atoms with Crippen LogP contribution in [-0.2, 0) is 4.74 Å². The molecule has 0 aromatic rings. The second kappa shape index (κ2) is 5.10. The van der Waals surface area contributed by atoms with Crippen LogP contribution in [0.2, 0.25) is 0 Å². The number of ether oxygens (including phenoxy) is 1. The van der Waals surface area contributed by atoms with Gasteiger partial charge in [0.05, 0.1) is 5.60 Å². The van der Waals surface area contributed by atoms with E-state index in [0.717, 1.165) is 18.4 Å². The summed E-state index contributed by atoms with van der Waals surface area (Å²) in [7, 11) is 0. The molecule has 1 saturated carbocycles. The van der Waals surface area contributed by atoms with Crippen molar-refractivity contribution in [2.45, 2.75) is 56.6 Å². The van der Waals surface area contributed by atoms with E-state index in [9.17, 15) is 0 Å². The van der Waals surface area contributed by atoms with E-state index in [2.05, 4.69) is 11.8 Å². The normalized spacial score (nSPS) is 35.5. The van der Waals surface area contributed by atoms with Gasteiger partial charge in [0.1, 0.15) is 0 Å². The van der Waals surface area contributed by atoms with Gasteiger partial charge in [-0.05, 0) is 61.9 Å². The van der Waals surface area contributed by atoms with Gasteiger partial charge >= 0.3 is 0 Å². The van der Waals surface area contributed by atoms with Crippen LogP contribution in [0.4, 0.5) is 0 Å². The van der Waals surface area contributed by atoms with Crippen LogP contribution >= 0.6 is 11.8 Å². The van der Waals surface area contributed by atoms with Gasteiger partial charge in [-0.25, -0.2) is 0 Å². The molecule has 3 aliphatic rings. The highest BCUT2D eigenvalue weighted by Crippen LogP contribution is 2.43. The van der Waals surface area contributed by atoms with Crippen LogP contribution in [0.5, 0.6) is 0 Å². The van der Waals surface area contributed by atoms with Gasteiger partial charge in [0.15, 0.2) is 0 Å². The third-order valence-corrected chi connectivity index (χ3v) is 6.16. The largest absolute Gasteiger partial charge is 0.375 e. The monoisotopic (exact) mass is 255 g/mol. The molecule has 2 atom stereocenters. The summed E-state index contributed by atoms with van der Waals surface area (Å²) in [6, 6.07) is 0.458. The Morgan fingerprint density at radius 3 is 2.53 bits per heavy atom. The molecule has 2 N–H and O–H groups in total. The first-order valence-corrected chi connectivity index (χ1v) is 8.42. The minimum Gasteiger partial charge on any atom is -0.375 e. The van der Waals surface area contributed by atoms with Crippen LogP contribution in [0.1, 0.15) is 44.9 Å². The van der Waals surface area contributed by atoms with Crippen molar-refractivity contribution < 1.29 is 4.74 Å². The fraction of sp³-hybridized carbons (Fsp3) is 1.00. The van der Waals surface area contributed by atoms with E-state index in [1.54, 1.807) is 0 Å². The van der Waals surface area contributed by atoms with E-state index in [0.29, 0.717) is 6.04 Å². The second-order valence-electron chi connectivity index (χ2n) is 6.17. The van der Waals surface area contributed by atoms with Crippen LogP contribution in [0.3, 0.4) is 0 Å². The topological polar surface area (TPSA) is 35.2 Å². The maximum absolute atomic E-state index is 6.48. The van der Waals surface area contributed by atoms with Crippen molar-refractivity contribution >= 4 is 11.8 Å². The molecule has 2 aliphatic heterocycles. The molecule has 2 saturated heterocycles. The molecule has 1 aliphatic carbocycles. The summed E-state index contributed by atoms with van der Waals surface area (Å²) in [4.78, 5) is 0. The van der Waals surface area contributed by atoms with E-state index in [1.165, 1.54) is 56.5 Å². The van der Waals surface area contributed by atoms with Gasteiger partial charge in [0.2, 0.25) is 0 Å². The Hall–Kier alpha value is 0.270. The Morgan fingerprint density at radius 1 is 1.12 bits per heavy atom. The summed E-state index contributed by atoms with van der Waals surface area (Å²) in [5, 5.41) is 0. The zero-order valence-corrected chi connectivity index (χ0v) is 11.5. The molecule has 1 spiro atoms. The number of hydrogen-bond acceptors (Lipinski definition) is 3. The van der Waals surface area contributed by atoms with Gasteiger partial charge in [0.25, 0.3) is 0 Å². The van der Waals surface area contributed by atoms with Crippen molar-refractivity contribution in [3.63, 3.8) is 0 Å². The van der Waals surface area contributed by atoms with E-state index in [1.807, 2.05) is 0 Å². The molecule has 0 aromatic carbocycles. The third kappa shape index (κ3) is 2.52. The van der Waals surface area contributed by atoms with E-state index in [-0.39, 0.29) is 5.60 Å². The lowest BCUT2D eigenvalue weighted by atomic mass is 9.70. The smallest absolute Gasteiger partial charge is 0.0701 e. The highest BCUT2D eigenvalue weighted by Gasteiger charge is 2.42. The van der Waals surface area contributed by atoms with Crippen LogP contribution < -0.4 is 5.73 Å². The standard InChI is InChI=1S/C14H25NOS/c15-13(11-2-1-3-11)12-4-7-16-14(10-12)5-8-17-9-6-14/h11-13H,1-10,15H2. The van der Waals surface area contributed by atoms with Crippen molar-refractivity contribution in [2.75, 3.05) is 18.1 Å². The second-order valence-corrected chi connectivity index (χ2v) is 7.39. The van der Waals surface area contributed by atoms with Crippen molar-refractivity contribution in [3.8, 4) is 0 Å². The van der Waals surface area contributed by atoms with Crippen molar-refractivity contribution in [2.24, 2.45) is 17.6 Å². The molecule has 0 amide bonds. The lowest BCUT2D eigenvalue weighted by Crippen LogP contribution is -2.50. The fourth-order valence-corrected chi connectivity index (χ4v) is 4.93. The number of rotatable bonds is 2. The summed E-state index contributed by atoms with van der Waals surface area (Å²) in [6.45, 7) is 0.954. The predicted octanol–water partition coefficient (Wildman–Crippen LogP) is 2.81. The van der Waals surface area contributed by atoms with Crippen molar-refractivity contribution in [1.29, 1.82) is 0 Å². The minimum atomic E-state index is 0.218. The summed E-state index contributed by atoms with van der Waals surface area (Å²) in [5.74, 6) is 4.13. The molecule has 0 radical (unpaired) electrons. The fourth-order valence-electron chi connectivity index (χ4n) is 3.70.